The predicted molar refractivity (Wildman–Crippen MR) is 267 cm³/mol. The minimum Gasteiger partial charge on any atom is 0 e. The number of benzene rings is 7. The van der Waals surface area contributed by atoms with E-state index >= 15 is 0 Å². The Balaban J connectivity index is 0.00000498. The minimum atomic E-state index is -0.512. The molecule has 324 valence electrons. The smallest absolute Gasteiger partial charge is 0 e. The van der Waals surface area contributed by atoms with Crippen LogP contribution in [0.25, 0.3) is 58.8 Å². The molecule has 7 aromatic carbocycles. The monoisotopic (exact) mass is 1140 g/mol. The first-order valence-corrected chi connectivity index (χ1v) is 24.4. The van der Waals surface area contributed by atoms with Crippen LogP contribution in [0.3, 0.4) is 0 Å². The van der Waals surface area contributed by atoms with Crippen LogP contribution in [0, 0.1) is 18.8 Å². The van der Waals surface area contributed by atoms with Crippen LogP contribution in [0.4, 0.5) is 22.7 Å². The first kappa shape index (κ1) is 43.0. The van der Waals surface area contributed by atoms with E-state index in [-0.39, 0.29) is 31.9 Å². The van der Waals surface area contributed by atoms with Crippen molar-refractivity contribution in [2.45, 2.75) is 52.4 Å². The van der Waals surface area contributed by atoms with E-state index in [0.717, 1.165) is 67.2 Å². The fraction of sp³-hybridized carbons (Fsp3) is 0.138. The van der Waals surface area contributed by atoms with Crippen LogP contribution in [0.5, 0.6) is 11.5 Å². The van der Waals surface area contributed by atoms with E-state index in [1.165, 1.54) is 25.4 Å². The van der Waals surface area contributed by atoms with E-state index in [2.05, 4.69) is 224 Å². The molecule has 4 heterocycles. The Labute approximate surface area is 405 Å². The molecule has 0 radical (unpaired) electrons. The third-order valence-corrected chi connectivity index (χ3v) is 14.6. The maximum absolute atomic E-state index is 6.75. The van der Waals surface area contributed by atoms with Gasteiger partial charge in [0.1, 0.15) is 0 Å². The summed E-state index contributed by atoms with van der Waals surface area (Å²) >= 11 is -0.512. The van der Waals surface area contributed by atoms with Gasteiger partial charge in [-0.15, -0.1) is 6.67 Å². The van der Waals surface area contributed by atoms with E-state index < -0.39 is 20.4 Å². The fourth-order valence-electron chi connectivity index (χ4n) is 9.10. The summed E-state index contributed by atoms with van der Waals surface area (Å²) < 4.78 is 12.6. The van der Waals surface area contributed by atoms with Crippen molar-refractivity contribution in [2.24, 2.45) is 0 Å². The maximum atomic E-state index is 6.75. The molecular formula is C58H47N4OPtTe-3. The van der Waals surface area contributed by atoms with Gasteiger partial charge in [0.15, 0.2) is 0 Å². The predicted octanol–water partition coefficient (Wildman–Crippen LogP) is 15.1. The second kappa shape index (κ2) is 16.8. The number of ether oxygens (including phenoxy) is 1. The summed E-state index contributed by atoms with van der Waals surface area (Å²) in [6.45, 7) is 15.9. The van der Waals surface area contributed by atoms with Crippen molar-refractivity contribution in [1.29, 1.82) is 0 Å². The Morgan fingerprint density at radius 1 is 0.569 bits per heavy atom. The number of pyridine rings is 1. The molecule has 1 aliphatic rings. The molecule has 0 aliphatic carbocycles. The fourth-order valence-corrected chi connectivity index (χ4v) is 11.3. The van der Waals surface area contributed by atoms with Crippen molar-refractivity contribution in [3.05, 3.63) is 198 Å². The summed E-state index contributed by atoms with van der Waals surface area (Å²) in [5.74, 6) is 2.15. The third kappa shape index (κ3) is 7.80. The van der Waals surface area contributed by atoms with E-state index in [9.17, 15) is 0 Å². The van der Waals surface area contributed by atoms with Gasteiger partial charge in [-0.05, 0) is 23.3 Å². The van der Waals surface area contributed by atoms with Gasteiger partial charge in [0, 0.05) is 49.3 Å². The van der Waals surface area contributed by atoms with Crippen molar-refractivity contribution < 1.29 is 25.8 Å². The summed E-state index contributed by atoms with van der Waals surface area (Å²) in [7, 11) is 0. The zero-order chi connectivity index (χ0) is 43.7. The molecule has 5 nitrogen and oxygen atoms in total. The second-order valence-corrected chi connectivity index (χ2v) is 21.2. The maximum Gasteiger partial charge on any atom is 0 e. The number of hydrogen-bond donors (Lipinski definition) is 0. The largest absolute Gasteiger partial charge is 0 e. The first-order chi connectivity index (χ1) is 31.0. The molecule has 3 aromatic heterocycles. The normalized spacial score (nSPS) is 12.8. The van der Waals surface area contributed by atoms with Crippen LogP contribution in [-0.2, 0) is 31.9 Å². The van der Waals surface area contributed by atoms with E-state index in [0.29, 0.717) is 11.5 Å². The van der Waals surface area contributed by atoms with Crippen molar-refractivity contribution in [3.8, 4) is 39.6 Å². The average molecular weight is 1140 g/mol. The quantitative estimate of drug-likeness (QED) is 0.118. The van der Waals surface area contributed by atoms with Gasteiger partial charge >= 0.3 is 234 Å². The van der Waals surface area contributed by atoms with Crippen LogP contribution in [0.15, 0.2) is 168 Å². The van der Waals surface area contributed by atoms with Gasteiger partial charge in [0.25, 0.3) is 0 Å². The van der Waals surface area contributed by atoms with Gasteiger partial charge in [0.05, 0.1) is 0 Å². The Morgan fingerprint density at radius 3 is 1.89 bits per heavy atom. The Hall–Kier alpha value is -5.89. The molecule has 0 N–H and O–H groups in total. The molecule has 0 spiro atoms. The number of hydrogen-bond acceptors (Lipinski definition) is 4. The Kier molecular flexibility index (Phi) is 11.1. The molecule has 1 aliphatic heterocycles. The first-order valence-electron chi connectivity index (χ1n) is 21.9. The summed E-state index contributed by atoms with van der Waals surface area (Å²) in [4.78, 5) is 9.91. The molecule has 65 heavy (non-hydrogen) atoms. The van der Waals surface area contributed by atoms with Gasteiger partial charge < -0.3 is 4.90 Å². The summed E-state index contributed by atoms with van der Waals surface area (Å²) in [6.07, 6.45) is 0. The molecule has 11 rings (SSSR count). The zero-order valence-electron chi connectivity index (χ0n) is 37.2. The molecule has 0 unspecified atom stereocenters. The van der Waals surface area contributed by atoms with E-state index in [1.54, 1.807) is 0 Å². The molecule has 7 heteroatoms. The molecule has 0 bridgehead atoms. The van der Waals surface area contributed by atoms with Crippen molar-refractivity contribution in [1.82, 2.24) is 9.55 Å². The molecule has 0 amide bonds. The van der Waals surface area contributed by atoms with Crippen molar-refractivity contribution in [3.63, 3.8) is 0 Å². The SMILES string of the molecule is CC(C)(C)c1ccc2c(c1)c1ccc(Oc3[c-]c(N4[CH-]N(c5c(-c6ccccc6)cccc5-c5ccccc5)c5ccccc54)ccc3)[c-]c1n2-c1cc(C(C)(C)C)c2cc[te]c2n1.[Pt]. The zero-order valence-corrected chi connectivity index (χ0v) is 41.8. The number of anilines is 4. The van der Waals surface area contributed by atoms with Crippen LogP contribution in [0.1, 0.15) is 52.7 Å². The molecule has 0 saturated carbocycles. The van der Waals surface area contributed by atoms with Gasteiger partial charge in [-0.2, -0.15) is 0 Å². The van der Waals surface area contributed by atoms with E-state index in [4.69, 9.17) is 9.72 Å². The summed E-state index contributed by atoms with van der Waals surface area (Å²) in [5.41, 5.74) is 13.4. The van der Waals surface area contributed by atoms with Gasteiger partial charge in [-0.3, -0.25) is 0 Å². The average Bonchev–Trinajstić information content (AvgIpc) is 4.02. The summed E-state index contributed by atoms with van der Waals surface area (Å²) in [5, 5.41) is 3.61. The van der Waals surface area contributed by atoms with Gasteiger partial charge in [-0.1, -0.05) is 91.0 Å². The molecule has 10 aromatic rings. The number of nitrogens with zero attached hydrogens (tertiary/aromatic N) is 4. The van der Waals surface area contributed by atoms with Crippen molar-refractivity contribution in [2.75, 3.05) is 9.80 Å². The Morgan fingerprint density at radius 2 is 1.22 bits per heavy atom. The number of aromatic nitrogens is 2. The van der Waals surface area contributed by atoms with Crippen LogP contribution in [-0.4, -0.2) is 30.0 Å². The third-order valence-electron chi connectivity index (χ3n) is 12.3. The van der Waals surface area contributed by atoms with Gasteiger partial charge in [0.2, 0.25) is 0 Å². The molecule has 0 saturated heterocycles. The molecule has 0 atom stereocenters. The number of para-hydroxylation sites is 3. The standard InChI is InChI=1S/C58H47N4OTe.Pt/c1-57(2,3)40-27-30-50-48(33-40)46-29-28-43(35-53(46)62(50)54-36-49(58(4,5)6)47-31-32-64-56(47)59-54)63-42-22-15-21-41(34-42)60-37-61(52-26-14-13-25-51(52)60)55-44(38-17-9-7-10-18-38)23-16-24-45(55)39-19-11-8-12-20-39;/h7-33,36-37H,1-6H3;/q-3;. The topological polar surface area (TPSA) is 33.5 Å². The second-order valence-electron chi connectivity index (χ2n) is 18.6. The molecular weight excluding hydrogens is 1090 g/mol. The van der Waals surface area contributed by atoms with Crippen molar-refractivity contribution >= 4 is 73.9 Å². The number of rotatable bonds is 7. The minimum absolute atomic E-state index is 0. The molecule has 0 fully saturated rings. The Bertz CT molecular complexity index is 3320. The van der Waals surface area contributed by atoms with Crippen LogP contribution < -0.4 is 14.5 Å². The van der Waals surface area contributed by atoms with Gasteiger partial charge in [-0.25, -0.2) is 0 Å². The number of fused-ring (bicyclic) bond motifs is 5. The van der Waals surface area contributed by atoms with Crippen LogP contribution >= 0.6 is 0 Å². The van der Waals surface area contributed by atoms with Crippen LogP contribution in [0.2, 0.25) is 0 Å². The van der Waals surface area contributed by atoms with E-state index in [1.807, 2.05) is 18.2 Å². The summed E-state index contributed by atoms with van der Waals surface area (Å²) in [6, 6.07) is 65.6.